The van der Waals surface area contributed by atoms with E-state index in [-0.39, 0.29) is 17.9 Å². The molecule has 2 aromatic rings. The number of ether oxygens (including phenoxy) is 2. The minimum absolute atomic E-state index is 0.105. The first-order chi connectivity index (χ1) is 12.6. The van der Waals surface area contributed by atoms with Crippen molar-refractivity contribution in [3.05, 3.63) is 36.0 Å². The highest BCUT2D eigenvalue weighted by atomic mass is 19.4. The van der Waals surface area contributed by atoms with Crippen LogP contribution in [-0.4, -0.2) is 29.7 Å². The molecule has 8 heteroatoms. The summed E-state index contributed by atoms with van der Waals surface area (Å²) in [6.07, 6.45) is -4.10. The van der Waals surface area contributed by atoms with Gasteiger partial charge in [-0.25, -0.2) is 4.98 Å². The van der Waals surface area contributed by atoms with Crippen LogP contribution in [0.25, 0.3) is 0 Å². The van der Waals surface area contributed by atoms with Gasteiger partial charge in [0, 0.05) is 25.0 Å². The fourth-order valence-electron chi connectivity index (χ4n) is 2.25. The Kier molecular flexibility index (Phi) is 6.51. The molecule has 0 saturated heterocycles. The molecule has 1 heterocycles. The van der Waals surface area contributed by atoms with Gasteiger partial charge in [0.25, 0.3) is 0 Å². The molecule has 27 heavy (non-hydrogen) atoms. The lowest BCUT2D eigenvalue weighted by Crippen LogP contribution is -2.20. The van der Waals surface area contributed by atoms with Gasteiger partial charge in [-0.15, -0.1) is 0 Å². The first kappa shape index (κ1) is 20.8. The largest absolute Gasteiger partial charge is 0.493 e. The Morgan fingerprint density at radius 3 is 2.44 bits per heavy atom. The van der Waals surface area contributed by atoms with Gasteiger partial charge in [-0.1, -0.05) is 19.9 Å². The van der Waals surface area contributed by atoms with Gasteiger partial charge >= 0.3 is 12.2 Å². The average molecular weight is 383 g/mol. The zero-order valence-corrected chi connectivity index (χ0v) is 16.0. The molecular weight excluding hydrogens is 359 g/mol. The Morgan fingerprint density at radius 1 is 1.15 bits per heavy atom. The number of rotatable bonds is 7. The fourth-order valence-corrected chi connectivity index (χ4v) is 2.25. The molecule has 0 bridgehead atoms. The van der Waals surface area contributed by atoms with Gasteiger partial charge in [-0.05, 0) is 31.9 Å². The summed E-state index contributed by atoms with van der Waals surface area (Å²) in [7, 11) is 1.51. The first-order valence-corrected chi connectivity index (χ1v) is 8.65. The minimum atomic E-state index is -4.59. The van der Waals surface area contributed by atoms with E-state index in [2.05, 4.69) is 9.97 Å². The molecule has 1 aromatic carbocycles. The topological polar surface area (TPSA) is 47.5 Å². The summed E-state index contributed by atoms with van der Waals surface area (Å²) in [6.45, 7) is 8.05. The summed E-state index contributed by atoms with van der Waals surface area (Å²) in [6, 6.07) is 6.74. The van der Waals surface area contributed by atoms with Crippen molar-refractivity contribution in [3.63, 3.8) is 0 Å². The maximum Gasteiger partial charge on any atom is 0.421 e. The van der Waals surface area contributed by atoms with Crippen molar-refractivity contribution in [1.82, 2.24) is 9.97 Å². The van der Waals surface area contributed by atoms with Crippen molar-refractivity contribution in [1.29, 1.82) is 0 Å². The molecule has 1 aromatic heterocycles. The third-order valence-corrected chi connectivity index (χ3v) is 3.50. The Hall–Kier alpha value is -2.51. The van der Waals surface area contributed by atoms with E-state index in [9.17, 15) is 13.2 Å². The van der Waals surface area contributed by atoms with Crippen LogP contribution in [0.4, 0.5) is 24.7 Å². The highest BCUT2D eigenvalue weighted by molar-refractivity contribution is 5.64. The molecule has 0 saturated carbocycles. The molecule has 0 aliphatic heterocycles. The Morgan fingerprint density at radius 2 is 1.85 bits per heavy atom. The van der Waals surface area contributed by atoms with E-state index in [0.29, 0.717) is 24.0 Å². The number of alkyl halides is 3. The van der Waals surface area contributed by atoms with Gasteiger partial charge in [0.2, 0.25) is 0 Å². The predicted molar refractivity (Wildman–Crippen MR) is 97.6 cm³/mol. The van der Waals surface area contributed by atoms with E-state index < -0.39 is 11.7 Å². The molecule has 0 fully saturated rings. The zero-order valence-electron chi connectivity index (χ0n) is 16.0. The third-order valence-electron chi connectivity index (χ3n) is 3.50. The van der Waals surface area contributed by atoms with Crippen LogP contribution >= 0.6 is 0 Å². The molecule has 0 aliphatic carbocycles. The number of benzene rings is 1. The van der Waals surface area contributed by atoms with Gasteiger partial charge in [-0.2, -0.15) is 18.2 Å². The molecule has 0 N–H and O–H groups in total. The second kappa shape index (κ2) is 8.45. The molecule has 0 unspecified atom stereocenters. The van der Waals surface area contributed by atoms with Crippen LogP contribution in [0, 0.1) is 5.92 Å². The van der Waals surface area contributed by atoms with Gasteiger partial charge in [0.05, 0.1) is 12.7 Å². The smallest absolute Gasteiger partial charge is 0.421 e. The van der Waals surface area contributed by atoms with Crippen LogP contribution in [0.3, 0.4) is 0 Å². The van der Waals surface area contributed by atoms with Crippen molar-refractivity contribution in [2.24, 2.45) is 5.92 Å². The van der Waals surface area contributed by atoms with Crippen molar-refractivity contribution in [3.8, 4) is 11.8 Å². The number of anilines is 2. The van der Waals surface area contributed by atoms with Crippen molar-refractivity contribution < 1.29 is 22.6 Å². The third kappa shape index (κ3) is 5.74. The van der Waals surface area contributed by atoms with Crippen LogP contribution in [-0.2, 0) is 6.18 Å². The van der Waals surface area contributed by atoms with Crippen LogP contribution in [0.1, 0.15) is 33.3 Å². The molecule has 0 spiro atoms. The number of aromatic nitrogens is 2. The Labute approximate surface area is 157 Å². The second-order valence-corrected chi connectivity index (χ2v) is 6.82. The average Bonchev–Trinajstić information content (AvgIpc) is 2.58. The van der Waals surface area contributed by atoms with E-state index in [1.165, 1.54) is 11.9 Å². The standard InChI is InChI=1S/C19H24F3N3O2/c1-12(2)11-26-15-8-6-7-14(9-15)25(5)17-16(19(20,21)22)10-23-18(24-17)27-13(3)4/h6-10,12-13H,11H2,1-5H3. The zero-order chi connectivity index (χ0) is 20.2. The van der Waals surface area contributed by atoms with E-state index in [1.54, 1.807) is 38.1 Å². The number of halogens is 3. The first-order valence-electron chi connectivity index (χ1n) is 8.65. The summed E-state index contributed by atoms with van der Waals surface area (Å²) in [5.41, 5.74) is -0.425. The summed E-state index contributed by atoms with van der Waals surface area (Å²) >= 11 is 0. The summed E-state index contributed by atoms with van der Waals surface area (Å²) in [5.74, 6) is 0.629. The maximum atomic E-state index is 13.4. The molecule has 0 atom stereocenters. The fraction of sp³-hybridized carbons (Fsp3) is 0.474. The predicted octanol–water partition coefficient (Wildman–Crippen LogP) is 5.09. The van der Waals surface area contributed by atoms with E-state index in [1.807, 2.05) is 13.8 Å². The quantitative estimate of drug-likeness (QED) is 0.667. The van der Waals surface area contributed by atoms with Crippen molar-refractivity contribution >= 4 is 11.5 Å². The Balaban J connectivity index is 2.41. The highest BCUT2D eigenvalue weighted by Crippen LogP contribution is 2.38. The molecule has 5 nitrogen and oxygen atoms in total. The van der Waals surface area contributed by atoms with E-state index >= 15 is 0 Å². The maximum absolute atomic E-state index is 13.4. The van der Waals surface area contributed by atoms with Crippen molar-refractivity contribution in [2.45, 2.75) is 40.0 Å². The number of hydrogen-bond acceptors (Lipinski definition) is 5. The lowest BCUT2D eigenvalue weighted by atomic mass is 10.2. The van der Waals surface area contributed by atoms with Gasteiger partial charge in [0.15, 0.2) is 5.82 Å². The summed E-state index contributed by atoms with van der Waals surface area (Å²) in [4.78, 5) is 9.02. The van der Waals surface area contributed by atoms with Crippen LogP contribution < -0.4 is 14.4 Å². The van der Waals surface area contributed by atoms with Gasteiger partial charge < -0.3 is 14.4 Å². The van der Waals surface area contributed by atoms with E-state index in [4.69, 9.17) is 9.47 Å². The monoisotopic (exact) mass is 383 g/mol. The van der Waals surface area contributed by atoms with Crippen molar-refractivity contribution in [2.75, 3.05) is 18.6 Å². The molecule has 0 radical (unpaired) electrons. The molecule has 148 valence electrons. The molecule has 2 rings (SSSR count). The normalized spacial score (nSPS) is 11.8. The van der Waals surface area contributed by atoms with Crippen LogP contribution in [0.15, 0.2) is 30.5 Å². The molecule has 0 amide bonds. The van der Waals surface area contributed by atoms with Crippen LogP contribution in [0.2, 0.25) is 0 Å². The lowest BCUT2D eigenvalue weighted by Gasteiger charge is -2.23. The summed E-state index contributed by atoms with van der Waals surface area (Å²) < 4.78 is 51.3. The molecule has 0 aliphatic rings. The number of nitrogens with zero attached hydrogens (tertiary/aromatic N) is 3. The second-order valence-electron chi connectivity index (χ2n) is 6.82. The minimum Gasteiger partial charge on any atom is -0.493 e. The summed E-state index contributed by atoms with van der Waals surface area (Å²) in [5, 5.41) is 0. The van der Waals surface area contributed by atoms with Crippen LogP contribution in [0.5, 0.6) is 11.8 Å². The Bertz CT molecular complexity index is 764. The van der Waals surface area contributed by atoms with E-state index in [0.717, 1.165) is 6.20 Å². The lowest BCUT2D eigenvalue weighted by molar-refractivity contribution is -0.137. The molecular formula is C19H24F3N3O2. The van der Waals surface area contributed by atoms with Gasteiger partial charge in [-0.3, -0.25) is 0 Å². The van der Waals surface area contributed by atoms with Gasteiger partial charge in [0.1, 0.15) is 11.3 Å². The SMILES string of the molecule is CC(C)COc1cccc(N(C)c2nc(OC(C)C)ncc2C(F)(F)F)c1. The highest BCUT2D eigenvalue weighted by Gasteiger charge is 2.37. The number of hydrogen-bond donors (Lipinski definition) is 0.